The van der Waals surface area contributed by atoms with Crippen molar-refractivity contribution in [2.45, 2.75) is 12.8 Å². The van der Waals surface area contributed by atoms with Gasteiger partial charge in [-0.25, -0.2) is 0 Å². The number of aryl methyl sites for hydroxylation is 1. The Morgan fingerprint density at radius 1 is 1.28 bits per heavy atom. The Hall–Kier alpha value is -2.84. The van der Waals surface area contributed by atoms with E-state index < -0.39 is 11.8 Å². The first-order valence-electron chi connectivity index (χ1n) is 9.15. The van der Waals surface area contributed by atoms with Crippen molar-refractivity contribution in [2.75, 3.05) is 18.5 Å². The molecule has 1 saturated heterocycles. The second-order valence-corrected chi connectivity index (χ2v) is 8.56. The summed E-state index contributed by atoms with van der Waals surface area (Å²) in [5.74, 6) is -1.15. The molecule has 0 bridgehead atoms. The minimum Gasteiger partial charge on any atom is -0.507 e. The van der Waals surface area contributed by atoms with E-state index in [1.54, 1.807) is 18.2 Å². The Bertz CT molecular complexity index is 1050. The number of para-hydroxylation sites is 1. The fourth-order valence-electron chi connectivity index (χ4n) is 3.44. The number of nitrogens with zero attached hydrogens (tertiary/aromatic N) is 2. The fraction of sp³-hybridized carbons (Fsp3) is 0.190. The van der Waals surface area contributed by atoms with Crippen LogP contribution in [0.5, 0.6) is 5.75 Å². The first kappa shape index (κ1) is 19.5. The number of carbonyl (C=O) groups is 2. The largest absolute Gasteiger partial charge is 0.507 e. The molecule has 4 rings (SSSR count). The molecule has 2 aliphatic heterocycles. The lowest BCUT2D eigenvalue weighted by molar-refractivity contribution is -0.123. The van der Waals surface area contributed by atoms with Crippen molar-refractivity contribution < 1.29 is 14.7 Å². The molecule has 0 aliphatic carbocycles. The SMILES string of the molecule is CN1CCCc2cc(/C=C3\SC(=S)N(NC(=O)c4ccccc4O)C3=O)ccc21. The number of rotatable bonds is 3. The predicted octanol–water partition coefficient (Wildman–Crippen LogP) is 3.32. The zero-order valence-electron chi connectivity index (χ0n) is 15.7. The van der Waals surface area contributed by atoms with E-state index in [1.165, 1.54) is 23.4 Å². The number of benzene rings is 2. The molecule has 0 aromatic heterocycles. The maximum atomic E-state index is 12.8. The van der Waals surface area contributed by atoms with E-state index in [4.69, 9.17) is 12.2 Å². The van der Waals surface area contributed by atoms with Crippen molar-refractivity contribution in [3.63, 3.8) is 0 Å². The third-order valence-electron chi connectivity index (χ3n) is 4.91. The average Bonchev–Trinajstić information content (AvgIpc) is 2.96. The lowest BCUT2D eigenvalue weighted by Crippen LogP contribution is -2.44. The molecular formula is C21H19N3O3S2. The summed E-state index contributed by atoms with van der Waals surface area (Å²) < 4.78 is 0.239. The van der Waals surface area contributed by atoms with Gasteiger partial charge in [-0.1, -0.05) is 30.0 Å². The third kappa shape index (κ3) is 3.86. The van der Waals surface area contributed by atoms with Crippen LogP contribution < -0.4 is 10.3 Å². The Morgan fingerprint density at radius 2 is 2.07 bits per heavy atom. The van der Waals surface area contributed by atoms with E-state index in [2.05, 4.69) is 29.5 Å². The van der Waals surface area contributed by atoms with Crippen LogP contribution >= 0.6 is 24.0 Å². The molecule has 2 aromatic carbocycles. The molecule has 2 aliphatic rings. The van der Waals surface area contributed by atoms with E-state index in [1.807, 2.05) is 6.07 Å². The molecule has 0 spiro atoms. The molecule has 2 aromatic rings. The minimum absolute atomic E-state index is 0.0735. The van der Waals surface area contributed by atoms with Gasteiger partial charge >= 0.3 is 0 Å². The summed E-state index contributed by atoms with van der Waals surface area (Å²) in [5, 5.41) is 10.9. The highest BCUT2D eigenvalue weighted by atomic mass is 32.2. The van der Waals surface area contributed by atoms with Crippen LogP contribution in [-0.2, 0) is 11.2 Å². The van der Waals surface area contributed by atoms with Gasteiger partial charge < -0.3 is 10.0 Å². The number of phenols is 1. The van der Waals surface area contributed by atoms with Crippen LogP contribution in [0.15, 0.2) is 47.4 Å². The Labute approximate surface area is 178 Å². The zero-order valence-corrected chi connectivity index (χ0v) is 17.3. The van der Waals surface area contributed by atoms with Gasteiger partial charge in [0.15, 0.2) is 4.32 Å². The topological polar surface area (TPSA) is 72.9 Å². The van der Waals surface area contributed by atoms with Crippen LogP contribution in [0.2, 0.25) is 0 Å². The van der Waals surface area contributed by atoms with E-state index in [0.717, 1.165) is 41.7 Å². The summed E-state index contributed by atoms with van der Waals surface area (Å²) >= 11 is 6.41. The summed E-state index contributed by atoms with van der Waals surface area (Å²) in [6, 6.07) is 12.3. The van der Waals surface area contributed by atoms with Crippen LogP contribution in [-0.4, -0.2) is 39.8 Å². The van der Waals surface area contributed by atoms with E-state index in [9.17, 15) is 14.7 Å². The number of fused-ring (bicyclic) bond motifs is 1. The van der Waals surface area contributed by atoms with Gasteiger partial charge in [-0.05, 0) is 66.5 Å². The van der Waals surface area contributed by atoms with E-state index in [-0.39, 0.29) is 15.6 Å². The van der Waals surface area contributed by atoms with Gasteiger partial charge in [-0.3, -0.25) is 15.0 Å². The molecule has 0 saturated carbocycles. The van der Waals surface area contributed by atoms with Crippen molar-refractivity contribution in [3.05, 3.63) is 64.1 Å². The van der Waals surface area contributed by atoms with Crippen molar-refractivity contribution in [1.82, 2.24) is 10.4 Å². The molecule has 6 nitrogen and oxygen atoms in total. The number of hydrazine groups is 1. The second-order valence-electron chi connectivity index (χ2n) is 6.89. The average molecular weight is 426 g/mol. The van der Waals surface area contributed by atoms with Crippen LogP contribution in [0.4, 0.5) is 5.69 Å². The molecule has 0 radical (unpaired) electrons. The zero-order chi connectivity index (χ0) is 20.5. The second kappa shape index (κ2) is 7.88. The summed E-state index contributed by atoms with van der Waals surface area (Å²) in [4.78, 5) is 27.9. The van der Waals surface area contributed by atoms with Gasteiger partial charge in [-0.2, -0.15) is 5.01 Å². The molecule has 0 unspecified atom stereocenters. The highest BCUT2D eigenvalue weighted by Crippen LogP contribution is 2.33. The predicted molar refractivity (Wildman–Crippen MR) is 119 cm³/mol. The van der Waals surface area contributed by atoms with Crippen molar-refractivity contribution >= 4 is 51.9 Å². The van der Waals surface area contributed by atoms with Gasteiger partial charge in [0.25, 0.3) is 11.8 Å². The van der Waals surface area contributed by atoms with Crippen LogP contribution in [0, 0.1) is 0 Å². The number of hydrogen-bond acceptors (Lipinski definition) is 6. The Balaban J connectivity index is 1.54. The molecule has 1 fully saturated rings. The van der Waals surface area contributed by atoms with E-state index in [0.29, 0.717) is 4.91 Å². The van der Waals surface area contributed by atoms with Crippen LogP contribution in [0.25, 0.3) is 6.08 Å². The smallest absolute Gasteiger partial charge is 0.285 e. The maximum absolute atomic E-state index is 12.8. The third-order valence-corrected chi connectivity index (χ3v) is 6.21. The van der Waals surface area contributed by atoms with Gasteiger partial charge in [0.2, 0.25) is 0 Å². The standard InChI is InChI=1S/C21H19N3O3S2/c1-23-10-4-5-14-11-13(8-9-16(14)23)12-18-20(27)24(21(28)29-18)22-19(26)15-6-2-3-7-17(15)25/h2-3,6-9,11-12,25H,4-5,10H2,1H3,(H,22,26)/b18-12-. The molecule has 148 valence electrons. The summed E-state index contributed by atoms with van der Waals surface area (Å²) in [6.45, 7) is 1.04. The lowest BCUT2D eigenvalue weighted by atomic mass is 9.99. The number of thiocarbonyl (C=S) groups is 1. The van der Waals surface area contributed by atoms with Crippen molar-refractivity contribution in [1.29, 1.82) is 0 Å². The van der Waals surface area contributed by atoms with Gasteiger partial charge in [0.1, 0.15) is 5.75 Å². The molecule has 0 atom stereocenters. The van der Waals surface area contributed by atoms with Crippen LogP contribution in [0.1, 0.15) is 27.9 Å². The van der Waals surface area contributed by atoms with Crippen LogP contribution in [0.3, 0.4) is 0 Å². The highest BCUT2D eigenvalue weighted by Gasteiger charge is 2.34. The summed E-state index contributed by atoms with van der Waals surface area (Å²) in [6.07, 6.45) is 3.91. The number of aromatic hydroxyl groups is 1. The normalized spacial score (nSPS) is 17.6. The Kier molecular flexibility index (Phi) is 5.29. The number of phenolic OH excluding ortho intramolecular Hbond substituents is 1. The number of carbonyl (C=O) groups excluding carboxylic acids is 2. The first-order valence-corrected chi connectivity index (χ1v) is 10.4. The number of thioether (sulfide) groups is 1. The summed E-state index contributed by atoms with van der Waals surface area (Å²) in [7, 11) is 2.08. The molecule has 2 amide bonds. The molecule has 2 N–H and O–H groups in total. The number of anilines is 1. The monoisotopic (exact) mass is 425 g/mol. The number of hydrogen-bond donors (Lipinski definition) is 2. The number of nitrogens with one attached hydrogen (secondary N) is 1. The van der Waals surface area contributed by atoms with E-state index >= 15 is 0 Å². The van der Waals surface area contributed by atoms with Gasteiger partial charge in [-0.15, -0.1) is 0 Å². The maximum Gasteiger partial charge on any atom is 0.285 e. The molecule has 2 heterocycles. The quantitative estimate of drug-likeness (QED) is 0.581. The van der Waals surface area contributed by atoms with Gasteiger partial charge in [0, 0.05) is 19.3 Å². The number of amides is 2. The first-order chi connectivity index (χ1) is 13.9. The molecule has 8 heteroatoms. The highest BCUT2D eigenvalue weighted by molar-refractivity contribution is 8.26. The molecule has 29 heavy (non-hydrogen) atoms. The van der Waals surface area contributed by atoms with Gasteiger partial charge in [0.05, 0.1) is 10.5 Å². The van der Waals surface area contributed by atoms with Crippen molar-refractivity contribution in [3.8, 4) is 5.75 Å². The Morgan fingerprint density at radius 3 is 2.86 bits per heavy atom. The van der Waals surface area contributed by atoms with Crippen molar-refractivity contribution in [2.24, 2.45) is 0 Å². The minimum atomic E-state index is -0.600. The fourth-order valence-corrected chi connectivity index (χ4v) is 4.62. The lowest BCUT2D eigenvalue weighted by Gasteiger charge is -2.27. The molecular weight excluding hydrogens is 406 g/mol. The summed E-state index contributed by atoms with van der Waals surface area (Å²) in [5.41, 5.74) is 5.96.